The molecule has 0 saturated carbocycles. The Hall–Kier alpha value is -2.11. The van der Waals surface area contributed by atoms with Crippen LogP contribution in [-0.2, 0) is 14.3 Å². The number of rotatable bonds is 5. The molecule has 0 aromatic heterocycles. The van der Waals surface area contributed by atoms with E-state index >= 15 is 0 Å². The summed E-state index contributed by atoms with van der Waals surface area (Å²) in [6, 6.07) is 0. The third-order valence-corrected chi connectivity index (χ3v) is 6.41. The van der Waals surface area contributed by atoms with Crippen molar-refractivity contribution in [1.82, 2.24) is 4.90 Å². The Kier molecular flexibility index (Phi) is 7.95. The van der Waals surface area contributed by atoms with Gasteiger partial charge in [0, 0.05) is 25.0 Å². The average Bonchev–Trinajstić information content (AvgIpc) is 3.07. The fourth-order valence-electron chi connectivity index (χ4n) is 4.73. The fraction of sp³-hybridized carbons (Fsp3) is 0.720. The van der Waals surface area contributed by atoms with Crippen LogP contribution >= 0.6 is 0 Å². The highest BCUT2D eigenvalue weighted by molar-refractivity contribution is 5.82. The molecule has 2 heterocycles. The molecule has 2 aliphatic heterocycles. The molecule has 1 amide bonds. The van der Waals surface area contributed by atoms with Crippen LogP contribution in [0.25, 0.3) is 0 Å². The number of carbonyl (C=O) groups excluding carboxylic acids is 2. The van der Waals surface area contributed by atoms with Crippen molar-refractivity contribution in [3.8, 4) is 0 Å². The molecule has 0 aromatic rings. The van der Waals surface area contributed by atoms with Gasteiger partial charge in [0.1, 0.15) is 5.60 Å². The van der Waals surface area contributed by atoms with E-state index in [0.717, 1.165) is 37.7 Å². The van der Waals surface area contributed by atoms with Crippen molar-refractivity contribution < 1.29 is 19.1 Å². The lowest BCUT2D eigenvalue weighted by molar-refractivity contribution is -0.141. The Labute approximate surface area is 186 Å². The molecule has 0 spiro atoms. The standard InChI is InChI=1S/C25H38N2O4/c1-25(2,3)31-24(29)27-11-9-18(10-12-27)13-20(16-23(28)30-4)21-14-19-7-5-6-8-22(15-19)26-17-21/h14-15,17-20H,5-13,16H2,1-4H3. The van der Waals surface area contributed by atoms with Crippen molar-refractivity contribution in [2.75, 3.05) is 20.2 Å². The molecule has 0 radical (unpaired) electrons. The molecule has 0 N–H and O–H groups in total. The number of amides is 1. The summed E-state index contributed by atoms with van der Waals surface area (Å²) in [6.45, 7) is 7.08. The summed E-state index contributed by atoms with van der Waals surface area (Å²) in [4.78, 5) is 31.1. The number of methoxy groups -OCH3 is 1. The summed E-state index contributed by atoms with van der Waals surface area (Å²) in [7, 11) is 1.45. The maximum Gasteiger partial charge on any atom is 0.410 e. The van der Waals surface area contributed by atoms with Crippen LogP contribution in [0.1, 0.15) is 72.1 Å². The van der Waals surface area contributed by atoms with Gasteiger partial charge in [0.25, 0.3) is 0 Å². The van der Waals surface area contributed by atoms with E-state index in [4.69, 9.17) is 14.5 Å². The lowest BCUT2D eigenvalue weighted by atomic mass is 9.81. The highest BCUT2D eigenvalue weighted by atomic mass is 16.6. The van der Waals surface area contributed by atoms with Crippen LogP contribution < -0.4 is 0 Å². The third-order valence-electron chi connectivity index (χ3n) is 6.41. The maximum atomic E-state index is 12.4. The lowest BCUT2D eigenvalue weighted by Crippen LogP contribution is -2.42. The third kappa shape index (κ3) is 7.22. The molecule has 1 aliphatic carbocycles. The van der Waals surface area contributed by atoms with Crippen LogP contribution in [-0.4, -0.2) is 49.0 Å². The van der Waals surface area contributed by atoms with Crippen LogP contribution in [0, 0.1) is 17.8 Å². The van der Waals surface area contributed by atoms with Gasteiger partial charge in [-0.1, -0.05) is 18.6 Å². The smallest absolute Gasteiger partial charge is 0.410 e. The van der Waals surface area contributed by atoms with Crippen molar-refractivity contribution in [3.63, 3.8) is 0 Å². The molecule has 1 saturated heterocycles. The molecule has 6 nitrogen and oxygen atoms in total. The molecule has 31 heavy (non-hydrogen) atoms. The summed E-state index contributed by atoms with van der Waals surface area (Å²) in [5.41, 5.74) is 1.87. The minimum absolute atomic E-state index is 0.101. The zero-order valence-corrected chi connectivity index (χ0v) is 19.6. The number of likely N-dealkylation sites (tertiary alicyclic amines) is 1. The quantitative estimate of drug-likeness (QED) is 0.556. The second-order valence-electron chi connectivity index (χ2n) is 10.1. The van der Waals surface area contributed by atoms with Crippen LogP contribution in [0.2, 0.25) is 0 Å². The first-order chi connectivity index (χ1) is 14.7. The van der Waals surface area contributed by atoms with Gasteiger partial charge in [-0.05, 0) is 82.6 Å². The van der Waals surface area contributed by atoms with Crippen LogP contribution in [0.4, 0.5) is 4.79 Å². The van der Waals surface area contributed by atoms with Crippen molar-refractivity contribution >= 4 is 18.3 Å². The summed E-state index contributed by atoms with van der Waals surface area (Å²) < 4.78 is 10.5. The molecule has 172 valence electrons. The summed E-state index contributed by atoms with van der Waals surface area (Å²) in [5.74, 6) is 0.796. The fourth-order valence-corrected chi connectivity index (χ4v) is 4.73. The number of fused-ring (bicyclic) bond motifs is 1. The Morgan fingerprint density at radius 2 is 1.90 bits per heavy atom. The van der Waals surface area contributed by atoms with Gasteiger partial charge in [0.2, 0.25) is 0 Å². The second kappa shape index (κ2) is 10.5. The summed E-state index contributed by atoms with van der Waals surface area (Å²) in [5, 5.41) is 0. The van der Waals surface area contributed by atoms with Gasteiger partial charge in [0.05, 0.1) is 13.5 Å². The van der Waals surface area contributed by atoms with Gasteiger partial charge in [-0.25, -0.2) is 4.79 Å². The zero-order valence-electron chi connectivity index (χ0n) is 19.6. The van der Waals surface area contributed by atoms with E-state index in [2.05, 4.69) is 12.2 Å². The largest absolute Gasteiger partial charge is 0.469 e. The van der Waals surface area contributed by atoms with Gasteiger partial charge in [-0.2, -0.15) is 0 Å². The van der Waals surface area contributed by atoms with Crippen molar-refractivity contribution in [2.24, 2.45) is 22.7 Å². The van der Waals surface area contributed by atoms with E-state index in [-0.39, 0.29) is 18.0 Å². The van der Waals surface area contributed by atoms with E-state index in [1.807, 2.05) is 31.9 Å². The SMILES string of the molecule is COC(=O)CC(CC1CCN(C(=O)OC(C)(C)C)CC1)C1=CC2C=C(CCCC2)N=C1. The normalized spacial score (nSPS) is 23.2. The second-order valence-corrected chi connectivity index (χ2v) is 10.1. The first kappa shape index (κ1) is 23.6. The minimum Gasteiger partial charge on any atom is -0.469 e. The predicted molar refractivity (Wildman–Crippen MR) is 122 cm³/mol. The van der Waals surface area contributed by atoms with Gasteiger partial charge in [-0.3, -0.25) is 9.79 Å². The number of allylic oxidation sites excluding steroid dienone is 4. The number of ether oxygens (including phenoxy) is 2. The molecule has 1 fully saturated rings. The number of hydrogen-bond donors (Lipinski definition) is 0. The molecule has 2 bridgehead atoms. The van der Waals surface area contributed by atoms with Crippen molar-refractivity contribution in [2.45, 2.75) is 77.7 Å². The summed E-state index contributed by atoms with van der Waals surface area (Å²) in [6.07, 6.45) is 14.1. The first-order valence-electron chi connectivity index (χ1n) is 11.7. The van der Waals surface area contributed by atoms with E-state index < -0.39 is 5.60 Å². The van der Waals surface area contributed by atoms with Crippen LogP contribution in [0.3, 0.4) is 0 Å². The Bertz CT molecular complexity index is 739. The number of carbonyl (C=O) groups is 2. The number of piperidine rings is 1. The van der Waals surface area contributed by atoms with Crippen LogP contribution in [0.15, 0.2) is 28.4 Å². The highest BCUT2D eigenvalue weighted by Crippen LogP contribution is 2.34. The van der Waals surface area contributed by atoms with Crippen molar-refractivity contribution in [1.29, 1.82) is 0 Å². The number of hydrogen-bond acceptors (Lipinski definition) is 5. The molecular weight excluding hydrogens is 392 g/mol. The molecular formula is C25H38N2O4. The zero-order chi connectivity index (χ0) is 22.4. The number of nitrogens with zero attached hydrogens (tertiary/aromatic N) is 2. The molecule has 3 rings (SSSR count). The molecule has 2 atom stereocenters. The highest BCUT2D eigenvalue weighted by Gasteiger charge is 2.30. The molecule has 6 heteroatoms. The first-order valence-corrected chi connectivity index (χ1v) is 11.7. The predicted octanol–water partition coefficient (Wildman–Crippen LogP) is 5.29. The van der Waals surface area contributed by atoms with Gasteiger partial charge in [-0.15, -0.1) is 0 Å². The number of esters is 1. The Morgan fingerprint density at radius 3 is 2.58 bits per heavy atom. The van der Waals surface area contributed by atoms with Crippen LogP contribution in [0.5, 0.6) is 0 Å². The van der Waals surface area contributed by atoms with E-state index in [9.17, 15) is 9.59 Å². The molecule has 2 unspecified atom stereocenters. The van der Waals surface area contributed by atoms with Gasteiger partial charge >= 0.3 is 12.1 Å². The Balaban J connectivity index is 1.64. The van der Waals surface area contributed by atoms with Crippen molar-refractivity contribution in [3.05, 3.63) is 23.4 Å². The monoisotopic (exact) mass is 430 g/mol. The maximum absolute atomic E-state index is 12.4. The van der Waals surface area contributed by atoms with Gasteiger partial charge in [0.15, 0.2) is 0 Å². The van der Waals surface area contributed by atoms with E-state index in [0.29, 0.717) is 31.3 Å². The number of aliphatic imine (C=N–C) groups is 1. The Morgan fingerprint density at radius 1 is 1.16 bits per heavy atom. The van der Waals surface area contributed by atoms with Gasteiger partial charge < -0.3 is 14.4 Å². The molecule has 3 aliphatic rings. The molecule has 0 aromatic carbocycles. The van der Waals surface area contributed by atoms with E-state index in [1.54, 1.807) is 0 Å². The minimum atomic E-state index is -0.475. The lowest BCUT2D eigenvalue weighted by Gasteiger charge is -2.34. The average molecular weight is 431 g/mol. The van der Waals surface area contributed by atoms with E-state index in [1.165, 1.54) is 25.6 Å². The topological polar surface area (TPSA) is 68.2 Å². The summed E-state index contributed by atoms with van der Waals surface area (Å²) >= 11 is 0.